The molecule has 0 atom stereocenters. The highest BCUT2D eigenvalue weighted by Crippen LogP contribution is 2.26. The summed E-state index contributed by atoms with van der Waals surface area (Å²) in [4.78, 5) is 43.1. The van der Waals surface area contributed by atoms with Crippen LogP contribution < -0.4 is 0 Å². The van der Waals surface area contributed by atoms with E-state index < -0.39 is 26.6 Å². The van der Waals surface area contributed by atoms with Gasteiger partial charge in [0.15, 0.2) is 0 Å². The number of thiol groups is 1. The van der Waals surface area contributed by atoms with Crippen molar-refractivity contribution in [2.45, 2.75) is 0 Å². The normalized spacial score (nSPS) is 10.9. The van der Waals surface area contributed by atoms with Crippen molar-refractivity contribution in [2.75, 3.05) is 0 Å². The van der Waals surface area contributed by atoms with E-state index in [0.717, 1.165) is 0 Å². The van der Waals surface area contributed by atoms with E-state index in [4.69, 9.17) is 51.5 Å². The van der Waals surface area contributed by atoms with Crippen molar-refractivity contribution in [2.24, 2.45) is 0 Å². The van der Waals surface area contributed by atoms with Crippen molar-refractivity contribution in [3.8, 4) is 0 Å². The van der Waals surface area contributed by atoms with Crippen LogP contribution in [0.1, 0.15) is 0 Å². The molecule has 90 valence electrons. The molecule has 0 saturated carbocycles. The van der Waals surface area contributed by atoms with Crippen molar-refractivity contribution in [3.63, 3.8) is 0 Å². The molecule has 0 unspecified atom stereocenters. The molecule has 0 amide bonds. The van der Waals surface area contributed by atoms with Gasteiger partial charge in [-0.25, -0.2) is 17.5 Å². The van der Waals surface area contributed by atoms with Gasteiger partial charge in [0.2, 0.25) is 0 Å². The van der Waals surface area contributed by atoms with Crippen LogP contribution >= 0.6 is 15.6 Å². The highest BCUT2D eigenvalue weighted by Gasteiger charge is 2.00. The van der Waals surface area contributed by atoms with Gasteiger partial charge in [-0.3, -0.25) is 4.55 Å². The van der Waals surface area contributed by atoms with E-state index in [1.807, 2.05) is 0 Å². The predicted molar refractivity (Wildman–Crippen MR) is 41.5 cm³/mol. The van der Waals surface area contributed by atoms with Gasteiger partial charge in [-0.05, 0) is 0 Å². The lowest BCUT2D eigenvalue weighted by atomic mass is 15.8. The largest absolute Gasteiger partial charge is 0.466 e. The van der Waals surface area contributed by atoms with Gasteiger partial charge in [-0.15, -0.1) is 0 Å². The summed E-state index contributed by atoms with van der Waals surface area (Å²) in [6.45, 7) is 0. The van der Waals surface area contributed by atoms with E-state index in [0.29, 0.717) is 0 Å². The standard InChI is InChI=1S/2H3O4P.H2O3S/c2*1-5(2,3)4;1-4(2)3/h2*(H3,1,2,3,4);4H,(H,1,2,3). The Morgan fingerprint density at radius 2 is 0.714 bits per heavy atom. The first-order valence-corrected chi connectivity index (χ1v) is 6.39. The van der Waals surface area contributed by atoms with Gasteiger partial charge in [0.25, 0.3) is 11.0 Å². The van der Waals surface area contributed by atoms with Crippen molar-refractivity contribution < 1.29 is 51.5 Å². The first-order valence-electron chi connectivity index (χ1n) is 2.13. The molecule has 0 saturated heterocycles. The molecule has 0 aliphatic heterocycles. The van der Waals surface area contributed by atoms with Gasteiger partial charge in [0, 0.05) is 0 Å². The Kier molecular flexibility index (Phi) is 11.9. The zero-order chi connectivity index (χ0) is 12.6. The zero-order valence-electron chi connectivity index (χ0n) is 6.11. The molecule has 0 rings (SSSR count). The molecular formula is H8O11P2S. The molecule has 0 aliphatic carbocycles. The molecule has 0 spiro atoms. The number of hydrogen-bond acceptors (Lipinski definition) is 4. The topological polar surface area (TPSA) is 210 Å². The fourth-order valence-electron chi connectivity index (χ4n) is 0. The number of rotatable bonds is 0. The molecule has 0 fully saturated rings. The molecule has 0 aliphatic rings. The summed E-state index contributed by atoms with van der Waals surface area (Å²) in [7, 11) is -12.4. The van der Waals surface area contributed by atoms with Crippen LogP contribution in [0.15, 0.2) is 0 Å². The van der Waals surface area contributed by atoms with E-state index in [2.05, 4.69) is 0 Å². The molecule has 0 heterocycles. The van der Waals surface area contributed by atoms with E-state index >= 15 is 0 Å². The number of phosphoric acid groups is 2. The second-order valence-corrected chi connectivity index (χ2v) is 3.79. The lowest BCUT2D eigenvalue weighted by Crippen LogP contribution is -1.66. The van der Waals surface area contributed by atoms with Gasteiger partial charge < -0.3 is 29.4 Å². The van der Waals surface area contributed by atoms with Gasteiger partial charge in [-0.2, -0.15) is 0 Å². The highest BCUT2D eigenvalue weighted by molar-refractivity contribution is 7.66. The quantitative estimate of drug-likeness (QED) is 0.129. The van der Waals surface area contributed by atoms with Crippen molar-refractivity contribution >= 4 is 26.6 Å². The van der Waals surface area contributed by atoms with E-state index in [1.54, 1.807) is 0 Å². The summed E-state index contributed by atoms with van der Waals surface area (Å²) in [5.74, 6) is 0. The minimum absolute atomic E-state index is 3.12. The van der Waals surface area contributed by atoms with Gasteiger partial charge >= 0.3 is 15.6 Å². The smallest absolute Gasteiger partial charge is 0.303 e. The molecule has 0 bridgehead atoms. The Hall–Kier alpha value is 0.130. The van der Waals surface area contributed by atoms with Crippen LogP contribution in [0.4, 0.5) is 0 Å². The minimum atomic E-state index is -4.64. The summed E-state index contributed by atoms with van der Waals surface area (Å²) >= 11 is 0. The van der Waals surface area contributed by atoms with E-state index in [1.165, 1.54) is 0 Å². The van der Waals surface area contributed by atoms with Crippen molar-refractivity contribution in [1.29, 1.82) is 0 Å². The SMILES string of the molecule is O=P(O)(O)O.O=P(O)(O)O.O=[SH](=O)O. The van der Waals surface area contributed by atoms with Crippen LogP contribution in [0.3, 0.4) is 0 Å². The highest BCUT2D eigenvalue weighted by atomic mass is 32.2. The van der Waals surface area contributed by atoms with Gasteiger partial charge in [0.1, 0.15) is 0 Å². The third-order valence-corrected chi connectivity index (χ3v) is 0. The molecule has 0 aromatic carbocycles. The van der Waals surface area contributed by atoms with E-state index in [-0.39, 0.29) is 0 Å². The number of hydrogen-bond donors (Lipinski definition) is 8. The Bertz CT molecular complexity index is 229. The molecule has 0 aromatic rings. The van der Waals surface area contributed by atoms with Crippen molar-refractivity contribution in [1.82, 2.24) is 0 Å². The van der Waals surface area contributed by atoms with Crippen LogP contribution in [0.5, 0.6) is 0 Å². The fraction of sp³-hybridized carbons (Fsp3) is 0. The average molecular weight is 278 g/mol. The third-order valence-electron chi connectivity index (χ3n) is 0. The maximum Gasteiger partial charge on any atom is 0.466 e. The van der Waals surface area contributed by atoms with Gasteiger partial charge in [-0.1, -0.05) is 0 Å². The molecule has 7 N–H and O–H groups in total. The lowest BCUT2D eigenvalue weighted by molar-refractivity contribution is 0.272. The molecule has 11 nitrogen and oxygen atoms in total. The Morgan fingerprint density at radius 1 is 0.714 bits per heavy atom. The predicted octanol–water partition coefficient (Wildman–Crippen LogP) is -2.79. The summed E-state index contributed by atoms with van der Waals surface area (Å²) in [6.07, 6.45) is 0. The monoisotopic (exact) mass is 278 g/mol. The van der Waals surface area contributed by atoms with Crippen molar-refractivity contribution in [3.05, 3.63) is 0 Å². The Balaban J connectivity index is -0.000000131. The molecule has 0 radical (unpaired) electrons. The first-order chi connectivity index (χ1) is 5.73. The van der Waals surface area contributed by atoms with E-state index in [9.17, 15) is 0 Å². The average Bonchev–Trinajstić information content (AvgIpc) is 1.45. The summed E-state index contributed by atoms with van der Waals surface area (Å²) < 4.78 is 42.0. The fourth-order valence-corrected chi connectivity index (χ4v) is 0. The summed E-state index contributed by atoms with van der Waals surface area (Å²) in [5, 5.41) is 0. The van der Waals surface area contributed by atoms with Crippen LogP contribution in [-0.4, -0.2) is 42.3 Å². The van der Waals surface area contributed by atoms with Crippen LogP contribution in [0.2, 0.25) is 0 Å². The maximum absolute atomic E-state index is 8.88. The molecule has 14 heavy (non-hydrogen) atoms. The Labute approximate surface area is 78.9 Å². The molecular weight excluding hydrogens is 270 g/mol. The first kappa shape index (κ1) is 19.7. The maximum atomic E-state index is 8.88. The zero-order valence-corrected chi connectivity index (χ0v) is 8.79. The van der Waals surface area contributed by atoms with Crippen LogP contribution in [-0.2, 0) is 20.1 Å². The van der Waals surface area contributed by atoms with Crippen LogP contribution in [0.25, 0.3) is 0 Å². The second kappa shape index (κ2) is 8.44. The second-order valence-electron chi connectivity index (χ2n) is 1.26. The third kappa shape index (κ3) is 88900. The summed E-state index contributed by atoms with van der Waals surface area (Å²) in [5.41, 5.74) is 0. The molecule has 14 heteroatoms. The Morgan fingerprint density at radius 3 is 0.714 bits per heavy atom. The minimum Gasteiger partial charge on any atom is -0.303 e. The van der Waals surface area contributed by atoms with Crippen LogP contribution in [0, 0.1) is 0 Å². The summed E-state index contributed by atoms with van der Waals surface area (Å²) in [6, 6.07) is 0. The molecule has 0 aromatic heterocycles. The lowest BCUT2D eigenvalue weighted by Gasteiger charge is -1.82. The van der Waals surface area contributed by atoms with Gasteiger partial charge in [0.05, 0.1) is 0 Å².